The molecule has 2 rings (SSSR count). The maximum absolute atomic E-state index is 13.1. The zero-order valence-corrected chi connectivity index (χ0v) is 9.80. The molecule has 1 aromatic carbocycles. The standard InChI is InChI=1S/C14H11FN2O/c1-10-6-12(3-4-13(10)15)14(18)5-2-11-7-16-9-17-8-11/h2-9H,1H3. The molecule has 0 saturated carbocycles. The minimum Gasteiger partial charge on any atom is -0.289 e. The molecule has 0 bridgehead atoms. The average Bonchev–Trinajstić information content (AvgIpc) is 2.40. The fourth-order valence-electron chi connectivity index (χ4n) is 1.46. The van der Waals surface area contributed by atoms with E-state index in [2.05, 4.69) is 9.97 Å². The van der Waals surface area contributed by atoms with Gasteiger partial charge in [0.15, 0.2) is 5.78 Å². The van der Waals surface area contributed by atoms with E-state index in [4.69, 9.17) is 0 Å². The van der Waals surface area contributed by atoms with Crippen LogP contribution < -0.4 is 0 Å². The van der Waals surface area contributed by atoms with Crippen molar-refractivity contribution >= 4 is 11.9 Å². The van der Waals surface area contributed by atoms with E-state index < -0.39 is 0 Å². The van der Waals surface area contributed by atoms with Crippen molar-refractivity contribution in [1.82, 2.24) is 9.97 Å². The van der Waals surface area contributed by atoms with Crippen molar-refractivity contribution in [3.63, 3.8) is 0 Å². The Morgan fingerprint density at radius 1 is 1.28 bits per heavy atom. The Bertz CT molecular complexity index is 594. The van der Waals surface area contributed by atoms with Crippen LogP contribution in [0.1, 0.15) is 21.5 Å². The summed E-state index contributed by atoms with van der Waals surface area (Å²) in [6.45, 7) is 1.63. The van der Waals surface area contributed by atoms with E-state index in [1.165, 1.54) is 30.6 Å². The van der Waals surface area contributed by atoms with Crippen molar-refractivity contribution in [2.45, 2.75) is 6.92 Å². The van der Waals surface area contributed by atoms with Crippen molar-refractivity contribution in [3.8, 4) is 0 Å². The fraction of sp³-hybridized carbons (Fsp3) is 0.0714. The Balaban J connectivity index is 2.17. The van der Waals surface area contributed by atoms with Crippen molar-refractivity contribution in [2.24, 2.45) is 0 Å². The number of hydrogen-bond acceptors (Lipinski definition) is 3. The second kappa shape index (κ2) is 5.31. The summed E-state index contributed by atoms with van der Waals surface area (Å²) >= 11 is 0. The van der Waals surface area contributed by atoms with Gasteiger partial charge in [-0.1, -0.05) is 0 Å². The van der Waals surface area contributed by atoms with Gasteiger partial charge in [0.2, 0.25) is 0 Å². The summed E-state index contributed by atoms with van der Waals surface area (Å²) in [5.74, 6) is -0.492. The Kier molecular flexibility index (Phi) is 3.57. The monoisotopic (exact) mass is 242 g/mol. The van der Waals surface area contributed by atoms with Crippen LogP contribution in [0.2, 0.25) is 0 Å². The highest BCUT2D eigenvalue weighted by atomic mass is 19.1. The number of halogens is 1. The first-order chi connectivity index (χ1) is 8.66. The zero-order valence-electron chi connectivity index (χ0n) is 9.80. The molecule has 3 nitrogen and oxygen atoms in total. The summed E-state index contributed by atoms with van der Waals surface area (Å²) < 4.78 is 13.1. The lowest BCUT2D eigenvalue weighted by atomic mass is 10.1. The Labute approximate surface area is 104 Å². The van der Waals surface area contributed by atoms with Gasteiger partial charge in [0.05, 0.1) is 0 Å². The molecule has 0 aliphatic heterocycles. The van der Waals surface area contributed by atoms with Crippen molar-refractivity contribution in [2.75, 3.05) is 0 Å². The summed E-state index contributed by atoms with van der Waals surface area (Å²) in [4.78, 5) is 19.5. The highest BCUT2D eigenvalue weighted by Crippen LogP contribution is 2.11. The first kappa shape index (κ1) is 12.1. The number of rotatable bonds is 3. The zero-order chi connectivity index (χ0) is 13.0. The summed E-state index contributed by atoms with van der Waals surface area (Å²) in [5, 5.41) is 0. The molecule has 0 fully saturated rings. The van der Waals surface area contributed by atoms with E-state index >= 15 is 0 Å². The van der Waals surface area contributed by atoms with E-state index in [9.17, 15) is 9.18 Å². The summed E-state index contributed by atoms with van der Waals surface area (Å²) in [6.07, 6.45) is 7.67. The Hall–Kier alpha value is -2.36. The minimum atomic E-state index is -0.313. The molecule has 18 heavy (non-hydrogen) atoms. The van der Waals surface area contributed by atoms with Gasteiger partial charge in [-0.3, -0.25) is 4.79 Å². The maximum atomic E-state index is 13.1. The average molecular weight is 242 g/mol. The van der Waals surface area contributed by atoms with Crippen LogP contribution >= 0.6 is 0 Å². The molecule has 1 heterocycles. The molecule has 0 aliphatic carbocycles. The molecule has 90 valence electrons. The Morgan fingerprint density at radius 3 is 2.67 bits per heavy atom. The van der Waals surface area contributed by atoms with Crippen LogP contribution in [0.3, 0.4) is 0 Å². The molecule has 0 N–H and O–H groups in total. The van der Waals surface area contributed by atoms with Gasteiger partial charge in [0.1, 0.15) is 12.1 Å². The number of carbonyl (C=O) groups excluding carboxylic acids is 1. The molecule has 0 saturated heterocycles. The number of hydrogen-bond donors (Lipinski definition) is 0. The van der Waals surface area contributed by atoms with Crippen LogP contribution in [-0.2, 0) is 0 Å². The van der Waals surface area contributed by atoms with Gasteiger partial charge in [0, 0.05) is 23.5 Å². The second-order valence-electron chi connectivity index (χ2n) is 3.83. The predicted octanol–water partition coefficient (Wildman–Crippen LogP) is 2.82. The molecule has 0 aliphatic rings. The largest absolute Gasteiger partial charge is 0.289 e. The number of carbonyl (C=O) groups is 1. The third-order valence-electron chi connectivity index (χ3n) is 2.45. The van der Waals surface area contributed by atoms with Crippen molar-refractivity contribution in [3.05, 3.63) is 65.5 Å². The highest BCUT2D eigenvalue weighted by molar-refractivity contribution is 6.06. The van der Waals surface area contributed by atoms with Crippen LogP contribution in [0.15, 0.2) is 43.0 Å². The molecule has 0 atom stereocenters. The van der Waals surface area contributed by atoms with Crippen molar-refractivity contribution < 1.29 is 9.18 Å². The number of benzene rings is 1. The lowest BCUT2D eigenvalue weighted by Gasteiger charge is -1.99. The molecule has 0 radical (unpaired) electrons. The maximum Gasteiger partial charge on any atom is 0.185 e. The number of aryl methyl sites for hydroxylation is 1. The van der Waals surface area contributed by atoms with Crippen LogP contribution in [0, 0.1) is 12.7 Å². The number of allylic oxidation sites excluding steroid dienone is 1. The van der Waals surface area contributed by atoms with Gasteiger partial charge in [0.25, 0.3) is 0 Å². The Morgan fingerprint density at radius 2 is 2.00 bits per heavy atom. The van der Waals surface area contributed by atoms with E-state index in [0.29, 0.717) is 11.1 Å². The first-order valence-electron chi connectivity index (χ1n) is 5.40. The molecule has 0 spiro atoms. The summed E-state index contributed by atoms with van der Waals surface area (Å²) in [6, 6.07) is 4.29. The van der Waals surface area contributed by atoms with E-state index in [-0.39, 0.29) is 11.6 Å². The van der Waals surface area contributed by atoms with Crippen LogP contribution in [0.5, 0.6) is 0 Å². The number of ketones is 1. The molecule has 2 aromatic rings. The predicted molar refractivity (Wildman–Crippen MR) is 66.5 cm³/mol. The van der Waals surface area contributed by atoms with E-state index in [1.807, 2.05) is 0 Å². The summed E-state index contributed by atoms with van der Waals surface area (Å²) in [5.41, 5.74) is 1.66. The lowest BCUT2D eigenvalue weighted by Crippen LogP contribution is -1.96. The van der Waals surface area contributed by atoms with Gasteiger partial charge in [-0.05, 0) is 42.8 Å². The third kappa shape index (κ3) is 2.85. The molecule has 0 amide bonds. The number of nitrogens with zero attached hydrogens (tertiary/aromatic N) is 2. The van der Waals surface area contributed by atoms with Crippen LogP contribution in [0.4, 0.5) is 4.39 Å². The smallest absolute Gasteiger partial charge is 0.185 e. The van der Waals surface area contributed by atoms with Crippen LogP contribution in [-0.4, -0.2) is 15.8 Å². The quantitative estimate of drug-likeness (QED) is 0.614. The second-order valence-corrected chi connectivity index (χ2v) is 3.83. The fourth-order valence-corrected chi connectivity index (χ4v) is 1.46. The van der Waals surface area contributed by atoms with Gasteiger partial charge in [-0.2, -0.15) is 0 Å². The van der Waals surface area contributed by atoms with Gasteiger partial charge < -0.3 is 0 Å². The molecule has 1 aromatic heterocycles. The third-order valence-corrected chi connectivity index (χ3v) is 2.45. The van der Waals surface area contributed by atoms with Crippen LogP contribution in [0.25, 0.3) is 6.08 Å². The van der Waals surface area contributed by atoms with Gasteiger partial charge >= 0.3 is 0 Å². The van der Waals surface area contributed by atoms with Crippen molar-refractivity contribution in [1.29, 1.82) is 0 Å². The normalized spacial score (nSPS) is 10.8. The molecular weight excluding hydrogens is 231 g/mol. The topological polar surface area (TPSA) is 42.9 Å². The first-order valence-corrected chi connectivity index (χ1v) is 5.40. The molecule has 0 unspecified atom stereocenters. The van der Waals surface area contributed by atoms with E-state index in [0.717, 1.165) is 5.56 Å². The van der Waals surface area contributed by atoms with Gasteiger partial charge in [-0.15, -0.1) is 0 Å². The van der Waals surface area contributed by atoms with Gasteiger partial charge in [-0.25, -0.2) is 14.4 Å². The summed E-state index contributed by atoms with van der Waals surface area (Å²) in [7, 11) is 0. The highest BCUT2D eigenvalue weighted by Gasteiger charge is 2.04. The molecular formula is C14H11FN2O. The minimum absolute atomic E-state index is 0.179. The molecule has 4 heteroatoms. The van der Waals surface area contributed by atoms with E-state index in [1.54, 1.807) is 25.4 Å². The SMILES string of the molecule is Cc1cc(C(=O)C=Cc2cncnc2)ccc1F. The number of aromatic nitrogens is 2. The lowest BCUT2D eigenvalue weighted by molar-refractivity contribution is 0.104.